The van der Waals surface area contributed by atoms with Crippen molar-refractivity contribution in [3.63, 3.8) is 0 Å². The van der Waals surface area contributed by atoms with Crippen molar-refractivity contribution in [3.8, 4) is 10.6 Å². The second-order valence-electron chi connectivity index (χ2n) is 7.55. The van der Waals surface area contributed by atoms with E-state index in [1.165, 1.54) is 5.56 Å². The van der Waals surface area contributed by atoms with Crippen molar-refractivity contribution in [2.45, 2.75) is 6.54 Å². The molecule has 0 radical (unpaired) electrons. The lowest BCUT2D eigenvalue weighted by atomic mass is 10.1. The lowest BCUT2D eigenvalue weighted by Crippen LogP contribution is -2.42. The summed E-state index contributed by atoms with van der Waals surface area (Å²) in [7, 11) is 0. The number of carbonyl (C=O) groups is 1. The molecule has 4 aromatic rings. The van der Waals surface area contributed by atoms with Crippen LogP contribution in [-0.4, -0.2) is 47.0 Å². The van der Waals surface area contributed by atoms with Gasteiger partial charge < -0.3 is 10.6 Å². The molecule has 1 amide bonds. The highest BCUT2D eigenvalue weighted by atomic mass is 35.5. The lowest BCUT2D eigenvalue weighted by molar-refractivity contribution is 0.102. The summed E-state index contributed by atoms with van der Waals surface area (Å²) in [5.74, 6) is -0.180. The average Bonchev–Trinajstić information content (AvgIpc) is 3.26. The van der Waals surface area contributed by atoms with Gasteiger partial charge in [-0.2, -0.15) is 0 Å². The summed E-state index contributed by atoms with van der Waals surface area (Å²) < 4.78 is 1.16. The topological polar surface area (TPSA) is 70.2 Å². The number of halogens is 1. The summed E-state index contributed by atoms with van der Waals surface area (Å²) in [6.07, 6.45) is 3.22. The summed E-state index contributed by atoms with van der Waals surface area (Å²) >= 11 is 1.66. The summed E-state index contributed by atoms with van der Waals surface area (Å²) in [5, 5.41) is 7.33. The molecule has 3 heterocycles. The highest BCUT2D eigenvalue weighted by Gasteiger charge is 2.17. The number of carbonyl (C=O) groups excluding carboxylic acids is 1. The summed E-state index contributed by atoms with van der Waals surface area (Å²) in [4.78, 5) is 24.2. The number of nitrogens with one attached hydrogen (secondary N) is 2. The fraction of sp³-hybridized carbons (Fsp3) is 0.208. The molecule has 5 rings (SSSR count). The Labute approximate surface area is 197 Å². The monoisotopic (exact) mass is 465 g/mol. The Morgan fingerprint density at radius 1 is 1.06 bits per heavy atom. The third-order valence-electron chi connectivity index (χ3n) is 5.44. The minimum atomic E-state index is -0.180. The molecular weight excluding hydrogens is 442 g/mol. The molecule has 1 aliphatic heterocycles. The van der Waals surface area contributed by atoms with E-state index in [9.17, 15) is 4.79 Å². The van der Waals surface area contributed by atoms with Gasteiger partial charge in [-0.05, 0) is 35.9 Å². The maximum atomic E-state index is 12.7. The van der Waals surface area contributed by atoms with Crippen molar-refractivity contribution in [2.24, 2.45) is 0 Å². The number of thiazole rings is 1. The third kappa shape index (κ3) is 4.81. The quantitative estimate of drug-likeness (QED) is 0.456. The molecule has 0 atom stereocenters. The smallest absolute Gasteiger partial charge is 0.257 e. The first-order valence-electron chi connectivity index (χ1n) is 10.4. The average molecular weight is 466 g/mol. The predicted octanol–water partition coefficient (Wildman–Crippen LogP) is 4.44. The number of rotatable bonds is 5. The second kappa shape index (κ2) is 10.2. The Hall–Kier alpha value is -2.84. The molecule has 8 heteroatoms. The van der Waals surface area contributed by atoms with Gasteiger partial charge in [0.1, 0.15) is 5.01 Å². The van der Waals surface area contributed by atoms with Crippen LogP contribution in [0.4, 0.5) is 5.69 Å². The number of amides is 1. The van der Waals surface area contributed by atoms with Gasteiger partial charge >= 0.3 is 0 Å². The molecule has 0 aliphatic carbocycles. The molecule has 6 nitrogen and oxygen atoms in total. The number of pyridine rings is 1. The zero-order valence-corrected chi connectivity index (χ0v) is 19.1. The zero-order chi connectivity index (χ0) is 21.0. The summed E-state index contributed by atoms with van der Waals surface area (Å²) in [5.41, 5.74) is 4.50. The van der Waals surface area contributed by atoms with E-state index >= 15 is 0 Å². The number of hydrogen-bond donors (Lipinski definition) is 2. The van der Waals surface area contributed by atoms with Gasteiger partial charge in [-0.15, -0.1) is 23.7 Å². The van der Waals surface area contributed by atoms with E-state index in [4.69, 9.17) is 4.98 Å². The number of aromatic nitrogens is 2. The van der Waals surface area contributed by atoms with Gasteiger partial charge in [-0.25, -0.2) is 4.98 Å². The molecule has 0 spiro atoms. The summed E-state index contributed by atoms with van der Waals surface area (Å²) in [6.45, 7) is 5.07. The van der Waals surface area contributed by atoms with Gasteiger partial charge in [-0.3, -0.25) is 14.7 Å². The fourth-order valence-corrected chi connectivity index (χ4v) is 4.88. The number of hydrogen-bond acceptors (Lipinski definition) is 6. The van der Waals surface area contributed by atoms with Crippen LogP contribution in [0.25, 0.3) is 20.8 Å². The number of piperazine rings is 1. The molecule has 32 heavy (non-hydrogen) atoms. The second-order valence-corrected chi connectivity index (χ2v) is 8.58. The first-order chi connectivity index (χ1) is 15.3. The van der Waals surface area contributed by atoms with Crippen LogP contribution in [0.5, 0.6) is 0 Å². The number of benzene rings is 2. The number of para-hydroxylation sites is 2. The first kappa shape index (κ1) is 22.4. The normalized spacial score (nSPS) is 14.1. The van der Waals surface area contributed by atoms with Crippen molar-refractivity contribution >= 4 is 45.6 Å². The van der Waals surface area contributed by atoms with E-state index in [0.717, 1.165) is 59.2 Å². The van der Waals surface area contributed by atoms with Gasteiger partial charge in [0.05, 0.1) is 21.5 Å². The molecule has 0 bridgehead atoms. The van der Waals surface area contributed by atoms with Crippen molar-refractivity contribution in [1.82, 2.24) is 20.2 Å². The van der Waals surface area contributed by atoms with Crippen LogP contribution in [-0.2, 0) is 6.54 Å². The minimum absolute atomic E-state index is 0. The Morgan fingerprint density at radius 3 is 2.72 bits per heavy atom. The van der Waals surface area contributed by atoms with Crippen LogP contribution < -0.4 is 10.6 Å². The van der Waals surface area contributed by atoms with E-state index in [1.54, 1.807) is 35.9 Å². The Bertz CT molecular complexity index is 1210. The van der Waals surface area contributed by atoms with Crippen LogP contribution in [0, 0.1) is 0 Å². The van der Waals surface area contributed by atoms with Crippen molar-refractivity contribution < 1.29 is 4.79 Å². The van der Waals surface area contributed by atoms with Crippen LogP contribution in [0.2, 0.25) is 0 Å². The molecule has 164 valence electrons. The van der Waals surface area contributed by atoms with Gasteiger partial charge in [0.15, 0.2) is 0 Å². The Kier molecular flexibility index (Phi) is 7.12. The van der Waals surface area contributed by atoms with E-state index < -0.39 is 0 Å². The predicted molar refractivity (Wildman–Crippen MR) is 133 cm³/mol. The van der Waals surface area contributed by atoms with Crippen LogP contribution in [0.1, 0.15) is 15.9 Å². The molecule has 0 saturated carbocycles. The molecule has 2 aromatic heterocycles. The van der Waals surface area contributed by atoms with Gasteiger partial charge in [0.25, 0.3) is 5.91 Å². The summed E-state index contributed by atoms with van der Waals surface area (Å²) in [6, 6.07) is 17.7. The van der Waals surface area contributed by atoms with E-state index in [2.05, 4.69) is 38.7 Å². The maximum Gasteiger partial charge on any atom is 0.257 e. The molecule has 2 N–H and O–H groups in total. The molecular formula is C24H24ClN5OS. The number of anilines is 1. The van der Waals surface area contributed by atoms with Crippen LogP contribution >= 0.6 is 23.7 Å². The van der Waals surface area contributed by atoms with Crippen LogP contribution in [0.3, 0.4) is 0 Å². The lowest BCUT2D eigenvalue weighted by Gasteiger charge is -2.27. The SMILES string of the molecule is Cl.O=C(Nc1ccccc1-c1nc2c(CN3CCNCC3)cccc2s1)c1cccnc1. The third-order valence-corrected chi connectivity index (χ3v) is 6.49. The largest absolute Gasteiger partial charge is 0.321 e. The Morgan fingerprint density at radius 2 is 1.91 bits per heavy atom. The minimum Gasteiger partial charge on any atom is -0.321 e. The molecule has 2 aromatic carbocycles. The maximum absolute atomic E-state index is 12.7. The van der Waals surface area contributed by atoms with E-state index in [0.29, 0.717) is 5.56 Å². The number of fused-ring (bicyclic) bond motifs is 1. The Balaban J connectivity index is 0.00000245. The van der Waals surface area contributed by atoms with Gasteiger partial charge in [-0.1, -0.05) is 24.3 Å². The molecule has 1 fully saturated rings. The molecule has 1 saturated heterocycles. The van der Waals surface area contributed by atoms with Crippen LogP contribution in [0.15, 0.2) is 67.0 Å². The van der Waals surface area contributed by atoms with E-state index in [1.807, 2.05) is 24.3 Å². The highest BCUT2D eigenvalue weighted by molar-refractivity contribution is 7.21. The number of nitrogens with zero attached hydrogens (tertiary/aromatic N) is 3. The van der Waals surface area contributed by atoms with Crippen molar-refractivity contribution in [2.75, 3.05) is 31.5 Å². The van der Waals surface area contributed by atoms with Gasteiger partial charge in [0, 0.05) is 50.7 Å². The van der Waals surface area contributed by atoms with Gasteiger partial charge in [0.2, 0.25) is 0 Å². The van der Waals surface area contributed by atoms with Crippen molar-refractivity contribution in [3.05, 3.63) is 78.1 Å². The standard InChI is InChI=1S/C24H23N5OS.ClH/c30-23(17-6-4-10-26-15-17)27-20-8-2-1-7-19(20)24-28-22-18(5-3-9-21(22)31-24)16-29-13-11-25-12-14-29;/h1-10,15,25H,11-14,16H2,(H,27,30);1H. The van der Waals surface area contributed by atoms with Crippen molar-refractivity contribution in [1.29, 1.82) is 0 Å². The zero-order valence-electron chi connectivity index (χ0n) is 17.5. The van der Waals surface area contributed by atoms with E-state index in [-0.39, 0.29) is 18.3 Å². The highest BCUT2D eigenvalue weighted by Crippen LogP contribution is 2.36. The molecule has 1 aliphatic rings. The molecule has 0 unspecified atom stereocenters. The fourth-order valence-electron chi connectivity index (χ4n) is 3.83. The first-order valence-corrected chi connectivity index (χ1v) is 11.2.